The Morgan fingerprint density at radius 2 is 1.86 bits per heavy atom. The van der Waals surface area contributed by atoms with E-state index in [4.69, 9.17) is 16.3 Å². The number of hydrogen-bond acceptors (Lipinski definition) is 2. The minimum atomic E-state index is -0.603. The van der Waals surface area contributed by atoms with E-state index in [2.05, 4.69) is 21.2 Å². The number of methoxy groups -OCH3 is 1. The lowest BCUT2D eigenvalue weighted by Gasteiger charge is -2.12. The van der Waals surface area contributed by atoms with Crippen molar-refractivity contribution in [2.45, 2.75) is 13.1 Å². The number of rotatable bonds is 5. The van der Waals surface area contributed by atoms with Gasteiger partial charge in [0.25, 0.3) is 0 Å². The summed E-state index contributed by atoms with van der Waals surface area (Å²) in [5.74, 6) is -0.562. The normalized spacial score (nSPS) is 10.7. The van der Waals surface area contributed by atoms with Crippen molar-refractivity contribution in [3.8, 4) is 5.75 Å². The van der Waals surface area contributed by atoms with E-state index in [0.29, 0.717) is 17.3 Å². The molecule has 0 bridgehead atoms. The zero-order chi connectivity index (χ0) is 15.4. The molecule has 0 fully saturated rings. The Balaban J connectivity index is 2.11. The van der Waals surface area contributed by atoms with Gasteiger partial charge in [-0.05, 0) is 40.2 Å². The molecule has 0 unspecified atom stereocenters. The molecule has 2 rings (SSSR count). The highest BCUT2D eigenvalue weighted by Gasteiger charge is 2.13. The third kappa shape index (κ3) is 3.73. The van der Waals surface area contributed by atoms with Gasteiger partial charge in [0.2, 0.25) is 0 Å². The van der Waals surface area contributed by atoms with Crippen molar-refractivity contribution in [3.63, 3.8) is 0 Å². The summed E-state index contributed by atoms with van der Waals surface area (Å²) < 4.78 is 32.9. The summed E-state index contributed by atoms with van der Waals surface area (Å²) in [6.07, 6.45) is 0. The molecule has 0 aliphatic carbocycles. The third-order valence-electron chi connectivity index (χ3n) is 3.04. The van der Waals surface area contributed by atoms with Crippen molar-refractivity contribution >= 4 is 27.5 Å². The summed E-state index contributed by atoms with van der Waals surface area (Å²) in [7, 11) is 1.54. The predicted octanol–water partition coefficient (Wildman–Crippen LogP) is 4.68. The Kier molecular flexibility index (Phi) is 5.56. The molecule has 0 atom stereocenters. The second kappa shape index (κ2) is 7.20. The second-order valence-corrected chi connectivity index (χ2v) is 5.61. The van der Waals surface area contributed by atoms with E-state index in [0.717, 1.165) is 5.56 Å². The Morgan fingerprint density at radius 1 is 1.14 bits per heavy atom. The van der Waals surface area contributed by atoms with Crippen molar-refractivity contribution in [3.05, 3.63) is 62.6 Å². The molecule has 0 saturated carbocycles. The van der Waals surface area contributed by atoms with E-state index >= 15 is 0 Å². The largest absolute Gasteiger partial charge is 0.496 e. The SMILES string of the molecule is COc1cccc(Cl)c1CNCc1c(F)ccc(Br)c1F. The lowest BCUT2D eigenvalue weighted by Crippen LogP contribution is -2.16. The van der Waals surface area contributed by atoms with Gasteiger partial charge in [0.15, 0.2) is 0 Å². The van der Waals surface area contributed by atoms with Crippen LogP contribution in [0.15, 0.2) is 34.8 Å². The van der Waals surface area contributed by atoms with Crippen LogP contribution in [0, 0.1) is 11.6 Å². The third-order valence-corrected chi connectivity index (χ3v) is 4.00. The van der Waals surface area contributed by atoms with Crippen molar-refractivity contribution in [2.24, 2.45) is 0 Å². The van der Waals surface area contributed by atoms with Crippen LogP contribution < -0.4 is 10.1 Å². The maximum atomic E-state index is 13.8. The fourth-order valence-electron chi connectivity index (χ4n) is 1.95. The minimum absolute atomic E-state index is 0.0182. The first kappa shape index (κ1) is 16.2. The second-order valence-electron chi connectivity index (χ2n) is 4.35. The predicted molar refractivity (Wildman–Crippen MR) is 82.6 cm³/mol. The number of ether oxygens (including phenoxy) is 1. The van der Waals surface area contributed by atoms with Gasteiger partial charge in [0.1, 0.15) is 17.4 Å². The van der Waals surface area contributed by atoms with E-state index in [1.807, 2.05) is 0 Å². The molecule has 6 heteroatoms. The molecular weight excluding hydrogens is 364 g/mol. The van der Waals surface area contributed by atoms with E-state index in [1.165, 1.54) is 12.1 Å². The van der Waals surface area contributed by atoms with Gasteiger partial charge in [-0.25, -0.2) is 8.78 Å². The van der Waals surface area contributed by atoms with Crippen LogP contribution in [0.25, 0.3) is 0 Å². The van der Waals surface area contributed by atoms with Gasteiger partial charge < -0.3 is 10.1 Å². The zero-order valence-corrected chi connectivity index (χ0v) is 13.6. The van der Waals surface area contributed by atoms with E-state index in [9.17, 15) is 8.78 Å². The van der Waals surface area contributed by atoms with Crippen LogP contribution in [-0.2, 0) is 13.1 Å². The molecular formula is C15H13BrClF2NO. The van der Waals surface area contributed by atoms with Crippen molar-refractivity contribution in [1.29, 1.82) is 0 Å². The van der Waals surface area contributed by atoms with Crippen molar-refractivity contribution < 1.29 is 13.5 Å². The number of nitrogens with one attached hydrogen (secondary N) is 1. The van der Waals surface area contributed by atoms with Gasteiger partial charge in [-0.15, -0.1) is 0 Å². The molecule has 2 aromatic carbocycles. The Labute approximate surface area is 135 Å². The maximum absolute atomic E-state index is 13.8. The first-order chi connectivity index (χ1) is 10.0. The Bertz CT molecular complexity index is 652. The van der Waals surface area contributed by atoms with Gasteiger partial charge >= 0.3 is 0 Å². The van der Waals surface area contributed by atoms with E-state index in [-0.39, 0.29) is 16.6 Å². The minimum Gasteiger partial charge on any atom is -0.496 e. The smallest absolute Gasteiger partial charge is 0.144 e. The summed E-state index contributed by atoms with van der Waals surface area (Å²) in [6, 6.07) is 7.86. The number of benzene rings is 2. The molecule has 2 nitrogen and oxygen atoms in total. The first-order valence-corrected chi connectivity index (χ1v) is 7.36. The molecule has 0 saturated heterocycles. The van der Waals surface area contributed by atoms with Crippen LogP contribution in [0.3, 0.4) is 0 Å². The Hall–Kier alpha value is -1.17. The standard InChI is InChI=1S/C15H13BrClF2NO/c1-21-14-4-2-3-12(17)9(14)7-20-8-10-13(18)6-5-11(16)15(10)19/h2-6,20H,7-8H2,1H3. The van der Waals surface area contributed by atoms with Gasteiger partial charge in [-0.3, -0.25) is 0 Å². The quantitative estimate of drug-likeness (QED) is 0.765. The zero-order valence-electron chi connectivity index (χ0n) is 11.2. The molecule has 21 heavy (non-hydrogen) atoms. The average Bonchev–Trinajstić information content (AvgIpc) is 2.48. The topological polar surface area (TPSA) is 21.3 Å². The van der Waals surface area contributed by atoms with Gasteiger partial charge in [-0.2, -0.15) is 0 Å². The summed E-state index contributed by atoms with van der Waals surface area (Å²) >= 11 is 9.14. The summed E-state index contributed by atoms with van der Waals surface area (Å²) in [4.78, 5) is 0. The molecule has 0 aliphatic rings. The van der Waals surface area contributed by atoms with Crippen molar-refractivity contribution in [1.82, 2.24) is 5.32 Å². The lowest BCUT2D eigenvalue weighted by molar-refractivity contribution is 0.407. The molecule has 0 amide bonds. The summed E-state index contributed by atoms with van der Waals surface area (Å²) in [6.45, 7) is 0.389. The first-order valence-electron chi connectivity index (χ1n) is 6.19. The molecule has 0 radical (unpaired) electrons. The highest BCUT2D eigenvalue weighted by molar-refractivity contribution is 9.10. The van der Waals surface area contributed by atoms with Crippen LogP contribution in [0.4, 0.5) is 8.78 Å². The monoisotopic (exact) mass is 375 g/mol. The summed E-state index contributed by atoms with van der Waals surface area (Å²) in [5, 5.41) is 3.52. The molecule has 0 aromatic heterocycles. The number of hydrogen-bond donors (Lipinski definition) is 1. The highest BCUT2D eigenvalue weighted by atomic mass is 79.9. The van der Waals surface area contributed by atoms with Gasteiger partial charge in [0, 0.05) is 29.2 Å². The molecule has 0 heterocycles. The fourth-order valence-corrected chi connectivity index (χ4v) is 2.55. The van der Waals surface area contributed by atoms with Crippen LogP contribution in [0.5, 0.6) is 5.75 Å². The molecule has 0 spiro atoms. The van der Waals surface area contributed by atoms with Gasteiger partial charge in [0.05, 0.1) is 11.6 Å². The van der Waals surface area contributed by atoms with Gasteiger partial charge in [-0.1, -0.05) is 17.7 Å². The van der Waals surface area contributed by atoms with E-state index < -0.39 is 11.6 Å². The molecule has 112 valence electrons. The van der Waals surface area contributed by atoms with Crippen molar-refractivity contribution in [2.75, 3.05) is 7.11 Å². The number of halogens is 4. The van der Waals surface area contributed by atoms with Crippen LogP contribution in [-0.4, -0.2) is 7.11 Å². The lowest BCUT2D eigenvalue weighted by atomic mass is 10.1. The highest BCUT2D eigenvalue weighted by Crippen LogP contribution is 2.26. The summed E-state index contributed by atoms with van der Waals surface area (Å²) in [5.41, 5.74) is 0.730. The maximum Gasteiger partial charge on any atom is 0.144 e. The van der Waals surface area contributed by atoms with Crippen LogP contribution in [0.2, 0.25) is 5.02 Å². The Morgan fingerprint density at radius 3 is 2.57 bits per heavy atom. The molecule has 1 N–H and O–H groups in total. The molecule has 2 aromatic rings. The van der Waals surface area contributed by atoms with E-state index in [1.54, 1.807) is 25.3 Å². The molecule has 0 aliphatic heterocycles. The fraction of sp³-hybridized carbons (Fsp3) is 0.200. The van der Waals surface area contributed by atoms with Crippen LogP contribution in [0.1, 0.15) is 11.1 Å². The average molecular weight is 377 g/mol. The van der Waals surface area contributed by atoms with Crippen LogP contribution >= 0.6 is 27.5 Å².